The summed E-state index contributed by atoms with van der Waals surface area (Å²) in [6.45, 7) is 3.92. The minimum atomic E-state index is -0.270. The normalized spacial score (nSPS) is 11.4. The minimum absolute atomic E-state index is 0.270. The van der Waals surface area contributed by atoms with Crippen LogP contribution in [0.2, 0.25) is 0 Å². The Morgan fingerprint density at radius 2 is 2.20 bits per heavy atom. The Balaban J connectivity index is 2.97. The van der Waals surface area contributed by atoms with Gasteiger partial charge in [0, 0.05) is 12.4 Å². The summed E-state index contributed by atoms with van der Waals surface area (Å²) >= 11 is 0. The van der Waals surface area contributed by atoms with E-state index in [1.54, 1.807) is 12.4 Å². The van der Waals surface area contributed by atoms with E-state index in [1.807, 2.05) is 26.0 Å². The molecule has 0 saturated carbocycles. The molecule has 10 heavy (non-hydrogen) atoms. The van der Waals surface area contributed by atoms with Gasteiger partial charge < -0.3 is 0 Å². The SMILES string of the molecule is [B]C(C)(C)c1cccnc1. The molecule has 0 aliphatic heterocycles. The van der Waals surface area contributed by atoms with Crippen molar-refractivity contribution in [1.29, 1.82) is 0 Å². The minimum Gasteiger partial charge on any atom is -0.264 e. The van der Waals surface area contributed by atoms with Crippen LogP contribution in [-0.2, 0) is 5.31 Å². The fourth-order valence-corrected chi connectivity index (χ4v) is 0.744. The molecule has 0 atom stereocenters. The van der Waals surface area contributed by atoms with Gasteiger partial charge in [-0.05, 0) is 16.9 Å². The number of pyridine rings is 1. The summed E-state index contributed by atoms with van der Waals surface area (Å²) in [6, 6.07) is 3.87. The van der Waals surface area contributed by atoms with E-state index in [-0.39, 0.29) is 5.31 Å². The van der Waals surface area contributed by atoms with Crippen LogP contribution in [0.4, 0.5) is 0 Å². The molecule has 2 heteroatoms. The zero-order chi connectivity index (χ0) is 7.61. The fraction of sp³-hybridized carbons (Fsp3) is 0.375. The van der Waals surface area contributed by atoms with Crippen molar-refractivity contribution < 1.29 is 0 Å². The van der Waals surface area contributed by atoms with Crippen LogP contribution in [0.5, 0.6) is 0 Å². The molecule has 0 bridgehead atoms. The van der Waals surface area contributed by atoms with Gasteiger partial charge in [0.25, 0.3) is 0 Å². The molecular formula is C8H10BN. The largest absolute Gasteiger partial charge is 0.264 e. The molecule has 2 radical (unpaired) electrons. The van der Waals surface area contributed by atoms with E-state index in [1.165, 1.54) is 0 Å². The summed E-state index contributed by atoms with van der Waals surface area (Å²) < 4.78 is 0. The van der Waals surface area contributed by atoms with Crippen LogP contribution in [0.3, 0.4) is 0 Å². The number of hydrogen-bond donors (Lipinski definition) is 0. The van der Waals surface area contributed by atoms with Gasteiger partial charge in [0.15, 0.2) is 0 Å². The molecule has 0 N–H and O–H groups in total. The molecule has 1 rings (SSSR count). The van der Waals surface area contributed by atoms with E-state index < -0.39 is 0 Å². The molecule has 50 valence electrons. The van der Waals surface area contributed by atoms with Crippen LogP contribution in [0.25, 0.3) is 0 Å². The predicted octanol–water partition coefficient (Wildman–Crippen LogP) is 1.49. The first-order chi connectivity index (χ1) is 4.61. The number of hydrogen-bond acceptors (Lipinski definition) is 1. The molecule has 0 saturated heterocycles. The molecule has 1 aromatic rings. The van der Waals surface area contributed by atoms with Crippen molar-refractivity contribution in [3.8, 4) is 0 Å². The lowest BCUT2D eigenvalue weighted by Crippen LogP contribution is -2.16. The van der Waals surface area contributed by atoms with E-state index in [4.69, 9.17) is 7.85 Å². The van der Waals surface area contributed by atoms with Gasteiger partial charge in [-0.25, -0.2) is 0 Å². The van der Waals surface area contributed by atoms with Crippen molar-refractivity contribution in [1.82, 2.24) is 4.98 Å². The lowest BCUT2D eigenvalue weighted by molar-refractivity contribution is 0.758. The van der Waals surface area contributed by atoms with Crippen LogP contribution in [-0.4, -0.2) is 12.8 Å². The molecule has 0 spiro atoms. The average Bonchev–Trinajstić information content (AvgIpc) is 1.88. The summed E-state index contributed by atoms with van der Waals surface area (Å²) in [5.41, 5.74) is 1.06. The smallest absolute Gasteiger partial charge is 0.0803 e. The quantitative estimate of drug-likeness (QED) is 0.526. The van der Waals surface area contributed by atoms with E-state index in [2.05, 4.69) is 4.98 Å². The fourth-order valence-electron chi connectivity index (χ4n) is 0.744. The van der Waals surface area contributed by atoms with Gasteiger partial charge in [-0.1, -0.05) is 19.9 Å². The summed E-state index contributed by atoms with van der Waals surface area (Å²) in [6.07, 6.45) is 3.54. The number of nitrogens with zero attached hydrogens (tertiary/aromatic N) is 1. The molecule has 1 aromatic heterocycles. The van der Waals surface area contributed by atoms with Gasteiger partial charge in [-0.15, -0.1) is 0 Å². The van der Waals surface area contributed by atoms with E-state index >= 15 is 0 Å². The van der Waals surface area contributed by atoms with Crippen LogP contribution < -0.4 is 0 Å². The first-order valence-corrected chi connectivity index (χ1v) is 3.30. The third-order valence-electron chi connectivity index (χ3n) is 1.41. The van der Waals surface area contributed by atoms with Gasteiger partial charge in [0.1, 0.15) is 0 Å². The Morgan fingerprint density at radius 3 is 2.50 bits per heavy atom. The summed E-state index contributed by atoms with van der Waals surface area (Å²) in [5.74, 6) is 0. The van der Waals surface area contributed by atoms with Crippen LogP contribution in [0, 0.1) is 0 Å². The van der Waals surface area contributed by atoms with Crippen molar-refractivity contribution in [2.24, 2.45) is 0 Å². The van der Waals surface area contributed by atoms with Crippen molar-refractivity contribution in [3.05, 3.63) is 30.1 Å². The van der Waals surface area contributed by atoms with Crippen LogP contribution in [0.1, 0.15) is 19.4 Å². The molecule has 1 heterocycles. The Hall–Kier alpha value is -0.785. The second-order valence-electron chi connectivity index (χ2n) is 2.96. The second kappa shape index (κ2) is 2.45. The van der Waals surface area contributed by atoms with Crippen molar-refractivity contribution in [2.45, 2.75) is 19.2 Å². The highest BCUT2D eigenvalue weighted by Gasteiger charge is 2.11. The molecular weight excluding hydrogens is 121 g/mol. The standard InChI is InChI=1S/C8H10BN/c1-8(2,9)7-4-3-5-10-6-7/h3-6H,1-2H3. The zero-order valence-electron chi connectivity index (χ0n) is 6.33. The van der Waals surface area contributed by atoms with Crippen molar-refractivity contribution in [2.75, 3.05) is 0 Å². The highest BCUT2D eigenvalue weighted by molar-refractivity contribution is 6.15. The summed E-state index contributed by atoms with van der Waals surface area (Å²) in [4.78, 5) is 3.97. The first-order valence-electron chi connectivity index (χ1n) is 3.30. The zero-order valence-corrected chi connectivity index (χ0v) is 6.33. The maximum Gasteiger partial charge on any atom is 0.0803 e. The molecule has 0 aliphatic rings. The molecule has 0 fully saturated rings. The third-order valence-corrected chi connectivity index (χ3v) is 1.41. The topological polar surface area (TPSA) is 12.9 Å². The van der Waals surface area contributed by atoms with E-state index in [9.17, 15) is 0 Å². The Bertz CT molecular complexity index is 200. The highest BCUT2D eigenvalue weighted by atomic mass is 14.6. The maximum absolute atomic E-state index is 5.82. The summed E-state index contributed by atoms with van der Waals surface area (Å²) in [7, 11) is 5.82. The second-order valence-corrected chi connectivity index (χ2v) is 2.96. The lowest BCUT2D eigenvalue weighted by atomic mass is 9.68. The van der Waals surface area contributed by atoms with Crippen LogP contribution in [0.15, 0.2) is 24.5 Å². The molecule has 0 aromatic carbocycles. The maximum atomic E-state index is 5.82. The monoisotopic (exact) mass is 131 g/mol. The van der Waals surface area contributed by atoms with Gasteiger partial charge in [-0.3, -0.25) is 4.98 Å². The Kier molecular flexibility index (Phi) is 1.79. The molecule has 0 amide bonds. The van der Waals surface area contributed by atoms with Gasteiger partial charge in [0.05, 0.1) is 7.85 Å². The molecule has 0 unspecified atom stereocenters. The lowest BCUT2D eigenvalue weighted by Gasteiger charge is -2.17. The van der Waals surface area contributed by atoms with Gasteiger partial charge >= 0.3 is 0 Å². The predicted molar refractivity (Wildman–Crippen MR) is 43.0 cm³/mol. The van der Waals surface area contributed by atoms with E-state index in [0.717, 1.165) is 5.56 Å². The summed E-state index contributed by atoms with van der Waals surface area (Å²) in [5, 5.41) is -0.270. The average molecular weight is 131 g/mol. The molecule has 1 nitrogen and oxygen atoms in total. The van der Waals surface area contributed by atoms with Crippen LogP contribution >= 0.6 is 0 Å². The Labute approximate surface area is 62.9 Å². The van der Waals surface area contributed by atoms with Crippen molar-refractivity contribution in [3.63, 3.8) is 0 Å². The molecule has 0 aliphatic carbocycles. The van der Waals surface area contributed by atoms with Crippen molar-refractivity contribution >= 4 is 7.85 Å². The van der Waals surface area contributed by atoms with Gasteiger partial charge in [-0.2, -0.15) is 0 Å². The number of aromatic nitrogens is 1. The highest BCUT2D eigenvalue weighted by Crippen LogP contribution is 2.16. The van der Waals surface area contributed by atoms with Gasteiger partial charge in [0.2, 0.25) is 0 Å². The first kappa shape index (κ1) is 7.32. The van der Waals surface area contributed by atoms with E-state index in [0.29, 0.717) is 0 Å². The number of rotatable bonds is 1. The third kappa shape index (κ3) is 1.60. The Morgan fingerprint density at radius 1 is 1.50 bits per heavy atom.